The Morgan fingerprint density at radius 1 is 1.12 bits per heavy atom. The van der Waals surface area contributed by atoms with Gasteiger partial charge in [0.2, 0.25) is 4.21 Å². The minimum Gasteiger partial charge on any atom is -0.587 e. The van der Waals surface area contributed by atoms with Gasteiger partial charge in [0.1, 0.15) is 34.8 Å². The van der Waals surface area contributed by atoms with E-state index in [1.165, 1.54) is 36.6 Å². The summed E-state index contributed by atoms with van der Waals surface area (Å²) < 4.78 is 33.7. The van der Waals surface area contributed by atoms with Crippen LogP contribution in [0.15, 0.2) is 77.4 Å². The number of rotatable bonds is 8. The number of aromatic nitrogens is 3. The molecule has 5 aromatic rings. The van der Waals surface area contributed by atoms with E-state index in [0.717, 1.165) is 28.9 Å². The monoisotopic (exact) mass is 574 g/mol. The van der Waals surface area contributed by atoms with Gasteiger partial charge in [0.05, 0.1) is 11.9 Å². The van der Waals surface area contributed by atoms with Crippen molar-refractivity contribution in [1.82, 2.24) is 19.9 Å². The summed E-state index contributed by atoms with van der Waals surface area (Å²) in [5.41, 5.74) is 9.11. The molecule has 11 heteroatoms. The standard InChI is InChI=1S/C29H27FN6O2S2/c30-23-14-19(22-16-36(20-8-4-5-9-20)28-26(22)27(31)33-17-34-28)10-12-24(23)35-40(38)25-13-11-21(39-25)15-32-29(37)18-6-2-1-3-7-18/h1-3,6-7,10-14,16-17,20,35H,4-5,8-9,15H2,(H,32,37)(H2,31,33,34). The molecule has 4 N–H and O–H groups in total. The number of nitrogens with zero attached hydrogens (tertiary/aromatic N) is 3. The fraction of sp³-hybridized carbons (Fsp3) is 0.207. The molecule has 1 fully saturated rings. The molecular weight excluding hydrogens is 547 g/mol. The molecule has 3 aromatic heterocycles. The number of amides is 1. The van der Waals surface area contributed by atoms with Gasteiger partial charge in [-0.2, -0.15) is 4.72 Å². The molecular formula is C29H27FN6O2S2. The van der Waals surface area contributed by atoms with Crippen LogP contribution in [0.4, 0.5) is 15.9 Å². The molecule has 0 aliphatic heterocycles. The zero-order valence-corrected chi connectivity index (χ0v) is 23.1. The number of thiophene rings is 1. The molecule has 204 valence electrons. The maximum absolute atomic E-state index is 15.3. The highest BCUT2D eigenvalue weighted by molar-refractivity contribution is 7.94. The molecule has 1 unspecified atom stereocenters. The summed E-state index contributed by atoms with van der Waals surface area (Å²) in [4.78, 5) is 21.8. The Morgan fingerprint density at radius 3 is 2.70 bits per heavy atom. The minimum absolute atomic E-state index is 0.123. The number of nitrogens with one attached hydrogen (secondary N) is 2. The van der Waals surface area contributed by atoms with Gasteiger partial charge in [-0.3, -0.25) is 4.79 Å². The highest BCUT2D eigenvalue weighted by Gasteiger charge is 2.24. The number of fused-ring (bicyclic) bond motifs is 1. The second kappa shape index (κ2) is 11.3. The third kappa shape index (κ3) is 5.27. The normalized spacial score (nSPS) is 14.4. The summed E-state index contributed by atoms with van der Waals surface area (Å²) >= 11 is -0.386. The van der Waals surface area contributed by atoms with Crippen LogP contribution in [0.1, 0.15) is 47.0 Å². The zero-order valence-electron chi connectivity index (χ0n) is 21.5. The van der Waals surface area contributed by atoms with Crippen LogP contribution in [0.3, 0.4) is 0 Å². The summed E-state index contributed by atoms with van der Waals surface area (Å²) in [5.74, 6) is -0.361. The molecule has 3 heterocycles. The number of carbonyl (C=O) groups excluding carboxylic acids is 1. The largest absolute Gasteiger partial charge is 0.587 e. The van der Waals surface area contributed by atoms with Gasteiger partial charge in [-0.1, -0.05) is 48.4 Å². The molecule has 1 amide bonds. The van der Waals surface area contributed by atoms with Gasteiger partial charge < -0.3 is 20.2 Å². The fourth-order valence-electron chi connectivity index (χ4n) is 5.12. The third-order valence-corrected chi connectivity index (χ3v) is 9.61. The van der Waals surface area contributed by atoms with Gasteiger partial charge in [-0.15, -0.1) is 0 Å². The highest BCUT2D eigenvalue weighted by atomic mass is 32.2. The van der Waals surface area contributed by atoms with E-state index < -0.39 is 17.2 Å². The first-order chi connectivity index (χ1) is 19.5. The number of nitrogens with two attached hydrogens (primary N) is 1. The predicted molar refractivity (Wildman–Crippen MR) is 157 cm³/mol. The molecule has 0 saturated heterocycles. The van der Waals surface area contributed by atoms with Crippen molar-refractivity contribution in [3.8, 4) is 11.1 Å². The number of halogens is 1. The lowest BCUT2D eigenvalue weighted by atomic mass is 10.1. The van der Waals surface area contributed by atoms with Gasteiger partial charge in [0.15, 0.2) is 5.82 Å². The first-order valence-corrected chi connectivity index (χ1v) is 15.0. The van der Waals surface area contributed by atoms with Crippen molar-refractivity contribution in [3.05, 3.63) is 89.4 Å². The van der Waals surface area contributed by atoms with Crippen molar-refractivity contribution >= 4 is 51.1 Å². The Balaban J connectivity index is 1.17. The third-order valence-electron chi connectivity index (χ3n) is 7.12. The van der Waals surface area contributed by atoms with Gasteiger partial charge in [-0.25, -0.2) is 14.4 Å². The molecule has 8 nitrogen and oxygen atoms in total. The number of carbonyl (C=O) groups is 1. The van der Waals surface area contributed by atoms with Crippen LogP contribution in [0.2, 0.25) is 0 Å². The van der Waals surface area contributed by atoms with Crippen LogP contribution in [0, 0.1) is 5.82 Å². The first-order valence-electron chi connectivity index (χ1n) is 13.0. The molecule has 1 saturated carbocycles. The molecule has 1 aliphatic carbocycles. The molecule has 0 bridgehead atoms. The molecule has 2 aromatic carbocycles. The van der Waals surface area contributed by atoms with Crippen molar-refractivity contribution in [1.29, 1.82) is 0 Å². The lowest BCUT2D eigenvalue weighted by Gasteiger charge is -2.12. The first kappa shape index (κ1) is 26.3. The molecule has 0 spiro atoms. The van der Waals surface area contributed by atoms with Gasteiger partial charge in [0, 0.05) is 34.3 Å². The minimum atomic E-state index is -1.68. The average molecular weight is 575 g/mol. The van der Waals surface area contributed by atoms with E-state index in [1.54, 1.807) is 48.5 Å². The molecule has 40 heavy (non-hydrogen) atoms. The van der Waals surface area contributed by atoms with Crippen LogP contribution in [-0.2, 0) is 17.9 Å². The van der Waals surface area contributed by atoms with Crippen molar-refractivity contribution in [2.75, 3.05) is 10.5 Å². The second-order valence-electron chi connectivity index (χ2n) is 9.68. The van der Waals surface area contributed by atoms with Gasteiger partial charge >= 0.3 is 0 Å². The maximum atomic E-state index is 15.3. The van der Waals surface area contributed by atoms with Crippen molar-refractivity contribution in [3.63, 3.8) is 0 Å². The van der Waals surface area contributed by atoms with Crippen LogP contribution < -0.4 is 15.8 Å². The molecule has 6 rings (SSSR count). The van der Waals surface area contributed by atoms with E-state index in [-0.39, 0.29) is 11.6 Å². The zero-order chi connectivity index (χ0) is 27.6. The number of benzene rings is 2. The quantitative estimate of drug-likeness (QED) is 0.194. The fourth-order valence-corrected chi connectivity index (χ4v) is 7.20. The van der Waals surface area contributed by atoms with Crippen molar-refractivity contribution < 1.29 is 13.7 Å². The van der Waals surface area contributed by atoms with E-state index in [9.17, 15) is 9.35 Å². The average Bonchev–Trinajstić information content (AvgIpc) is 3.74. The van der Waals surface area contributed by atoms with Crippen LogP contribution in [0.25, 0.3) is 22.2 Å². The number of anilines is 2. The van der Waals surface area contributed by atoms with E-state index in [4.69, 9.17) is 5.73 Å². The topological polar surface area (TPSA) is 121 Å². The van der Waals surface area contributed by atoms with Gasteiger partial charge in [-0.05, 0) is 48.7 Å². The van der Waals surface area contributed by atoms with Crippen molar-refractivity contribution in [2.45, 2.75) is 42.5 Å². The Morgan fingerprint density at radius 2 is 1.93 bits per heavy atom. The lowest BCUT2D eigenvalue weighted by molar-refractivity contribution is 0.0951. The molecule has 1 atom stereocenters. The second-order valence-corrected chi connectivity index (χ2v) is 12.3. The summed E-state index contributed by atoms with van der Waals surface area (Å²) in [6, 6.07) is 17.6. The van der Waals surface area contributed by atoms with Crippen LogP contribution in [-0.4, -0.2) is 25.0 Å². The maximum Gasteiger partial charge on any atom is 0.251 e. The van der Waals surface area contributed by atoms with E-state index in [2.05, 4.69) is 24.6 Å². The van der Waals surface area contributed by atoms with Crippen LogP contribution in [0.5, 0.6) is 0 Å². The van der Waals surface area contributed by atoms with Gasteiger partial charge in [0.25, 0.3) is 5.91 Å². The highest BCUT2D eigenvalue weighted by Crippen LogP contribution is 2.39. The smallest absolute Gasteiger partial charge is 0.251 e. The Labute approximate surface area is 237 Å². The number of hydrogen-bond acceptors (Lipinski definition) is 7. The SMILES string of the molecule is Nc1ncnc2c1c(-c1ccc(N[S+]([O-])c3ccc(CNC(=O)c4ccccc4)s3)c(F)c1)cn2C1CCCC1. The lowest BCUT2D eigenvalue weighted by Crippen LogP contribution is -2.22. The van der Waals surface area contributed by atoms with Crippen molar-refractivity contribution in [2.24, 2.45) is 0 Å². The summed E-state index contributed by atoms with van der Waals surface area (Å²) in [5, 5.41) is 3.57. The number of nitrogen functional groups attached to an aromatic ring is 1. The summed E-state index contributed by atoms with van der Waals surface area (Å²) in [6.07, 6.45) is 7.93. The Bertz CT molecular complexity index is 1670. The van der Waals surface area contributed by atoms with Crippen LogP contribution >= 0.6 is 11.3 Å². The number of hydrogen-bond donors (Lipinski definition) is 3. The molecule has 0 radical (unpaired) electrons. The summed E-state index contributed by atoms with van der Waals surface area (Å²) in [7, 11) is 0. The van der Waals surface area contributed by atoms with E-state index >= 15 is 4.39 Å². The Hall–Kier alpha value is -3.93. The summed E-state index contributed by atoms with van der Waals surface area (Å²) in [6.45, 7) is 0.306. The van der Waals surface area contributed by atoms with E-state index in [0.29, 0.717) is 39.1 Å². The molecule has 1 aliphatic rings. The predicted octanol–water partition coefficient (Wildman–Crippen LogP) is 6.06. The Kier molecular flexibility index (Phi) is 7.42. The van der Waals surface area contributed by atoms with E-state index in [1.807, 2.05) is 12.3 Å².